The third-order valence-electron chi connectivity index (χ3n) is 2.45. The molecule has 0 saturated heterocycles. The fourth-order valence-corrected chi connectivity index (χ4v) is 2.32. The Morgan fingerprint density at radius 2 is 2.17 bits per heavy atom. The molecule has 0 saturated carbocycles. The van der Waals surface area contributed by atoms with Gasteiger partial charge in [0.2, 0.25) is 0 Å². The van der Waals surface area contributed by atoms with E-state index in [1.165, 1.54) is 0 Å². The summed E-state index contributed by atoms with van der Waals surface area (Å²) in [6, 6.07) is 5.27. The maximum absolute atomic E-state index is 11.0. The van der Waals surface area contributed by atoms with Gasteiger partial charge in [0.25, 0.3) is 5.69 Å². The Balaban J connectivity index is 2.99. The number of thioether (sulfide) groups is 1. The quantitative estimate of drug-likeness (QED) is 0.598. The molecular formula is C13H20N2O2S. The van der Waals surface area contributed by atoms with Crippen molar-refractivity contribution in [3.05, 3.63) is 33.9 Å². The van der Waals surface area contributed by atoms with Gasteiger partial charge in [-0.1, -0.05) is 32.9 Å². The van der Waals surface area contributed by atoms with Gasteiger partial charge in [-0.15, -0.1) is 0 Å². The van der Waals surface area contributed by atoms with Gasteiger partial charge in [-0.3, -0.25) is 10.1 Å². The molecule has 0 amide bonds. The van der Waals surface area contributed by atoms with Crippen LogP contribution in [0.2, 0.25) is 0 Å². The Hall–Kier alpha value is -1.23. The van der Waals surface area contributed by atoms with Crippen LogP contribution in [-0.2, 0) is 5.75 Å². The van der Waals surface area contributed by atoms with E-state index in [1.807, 2.05) is 13.0 Å². The van der Waals surface area contributed by atoms with Crippen LogP contribution in [-0.4, -0.2) is 16.7 Å². The molecule has 0 radical (unpaired) electrons. The van der Waals surface area contributed by atoms with Crippen LogP contribution in [0.25, 0.3) is 0 Å². The number of anilines is 1. The van der Waals surface area contributed by atoms with Crippen LogP contribution in [0.1, 0.15) is 32.8 Å². The van der Waals surface area contributed by atoms with Gasteiger partial charge in [0.1, 0.15) is 5.69 Å². The van der Waals surface area contributed by atoms with E-state index in [4.69, 9.17) is 0 Å². The van der Waals surface area contributed by atoms with E-state index in [1.54, 1.807) is 23.9 Å². The van der Waals surface area contributed by atoms with Crippen molar-refractivity contribution in [2.24, 2.45) is 0 Å². The van der Waals surface area contributed by atoms with Crippen molar-refractivity contribution in [1.29, 1.82) is 0 Å². The van der Waals surface area contributed by atoms with E-state index in [9.17, 15) is 10.1 Å². The molecule has 1 aromatic carbocycles. The zero-order valence-corrected chi connectivity index (χ0v) is 11.9. The van der Waals surface area contributed by atoms with Gasteiger partial charge in [-0.2, -0.15) is 11.8 Å². The maximum atomic E-state index is 11.0. The van der Waals surface area contributed by atoms with E-state index >= 15 is 0 Å². The molecule has 0 aliphatic carbocycles. The second-order valence-electron chi connectivity index (χ2n) is 4.35. The lowest BCUT2D eigenvalue weighted by molar-refractivity contribution is -0.384. The van der Waals surface area contributed by atoms with E-state index in [2.05, 4.69) is 19.2 Å². The number of nitrogens with one attached hydrogen (secondary N) is 1. The molecule has 4 nitrogen and oxygen atoms in total. The lowest BCUT2D eigenvalue weighted by Crippen LogP contribution is -2.06. The maximum Gasteiger partial charge on any atom is 0.292 e. The molecule has 0 aliphatic rings. The standard InChI is InChI=1S/C13H20N2O2S/c1-4-8-14-13-11(9-18-10(2)3)6-5-7-12(13)15(16)17/h5-7,10,14H,4,8-9H2,1-3H3. The average molecular weight is 268 g/mol. The number of rotatable bonds is 7. The molecule has 100 valence electrons. The molecule has 18 heavy (non-hydrogen) atoms. The summed E-state index contributed by atoms with van der Waals surface area (Å²) >= 11 is 1.79. The number of benzene rings is 1. The fourth-order valence-electron chi connectivity index (χ4n) is 1.57. The zero-order valence-electron chi connectivity index (χ0n) is 11.1. The molecular weight excluding hydrogens is 248 g/mol. The van der Waals surface area contributed by atoms with Crippen molar-refractivity contribution in [2.75, 3.05) is 11.9 Å². The molecule has 0 aromatic heterocycles. The van der Waals surface area contributed by atoms with E-state index in [0.29, 0.717) is 10.9 Å². The summed E-state index contributed by atoms with van der Waals surface area (Å²) in [5.41, 5.74) is 1.86. The topological polar surface area (TPSA) is 55.2 Å². The SMILES string of the molecule is CCCNc1c(CSC(C)C)cccc1[N+](=O)[O-]. The van der Waals surface area contributed by atoms with Crippen molar-refractivity contribution in [3.63, 3.8) is 0 Å². The molecule has 1 rings (SSSR count). The van der Waals surface area contributed by atoms with Crippen LogP contribution in [0.15, 0.2) is 18.2 Å². The molecule has 0 unspecified atom stereocenters. The second-order valence-corrected chi connectivity index (χ2v) is 5.92. The minimum absolute atomic E-state index is 0.172. The lowest BCUT2D eigenvalue weighted by Gasteiger charge is -2.12. The van der Waals surface area contributed by atoms with Gasteiger partial charge >= 0.3 is 0 Å². The summed E-state index contributed by atoms with van der Waals surface area (Å²) in [5.74, 6) is 0.797. The predicted molar refractivity (Wildman–Crippen MR) is 78.3 cm³/mol. The highest BCUT2D eigenvalue weighted by molar-refractivity contribution is 7.99. The van der Waals surface area contributed by atoms with Crippen molar-refractivity contribution in [1.82, 2.24) is 0 Å². The monoisotopic (exact) mass is 268 g/mol. The van der Waals surface area contributed by atoms with Crippen LogP contribution in [0, 0.1) is 10.1 Å². The van der Waals surface area contributed by atoms with Gasteiger partial charge in [0.05, 0.1) is 4.92 Å². The first kappa shape index (κ1) is 14.8. The fraction of sp³-hybridized carbons (Fsp3) is 0.538. The number of hydrogen-bond acceptors (Lipinski definition) is 4. The van der Waals surface area contributed by atoms with E-state index in [0.717, 1.165) is 24.3 Å². The largest absolute Gasteiger partial charge is 0.379 e. The summed E-state index contributed by atoms with van der Waals surface area (Å²) in [7, 11) is 0. The molecule has 0 bridgehead atoms. The summed E-state index contributed by atoms with van der Waals surface area (Å²) in [6.07, 6.45) is 0.947. The zero-order chi connectivity index (χ0) is 13.5. The summed E-state index contributed by atoms with van der Waals surface area (Å²) < 4.78 is 0. The third kappa shape index (κ3) is 4.22. The Morgan fingerprint density at radius 1 is 1.44 bits per heavy atom. The molecule has 0 spiro atoms. The minimum atomic E-state index is -0.318. The lowest BCUT2D eigenvalue weighted by atomic mass is 10.1. The first-order valence-corrected chi connectivity index (χ1v) is 7.22. The van der Waals surface area contributed by atoms with Crippen LogP contribution in [0.4, 0.5) is 11.4 Å². The summed E-state index contributed by atoms with van der Waals surface area (Å²) in [4.78, 5) is 10.7. The molecule has 0 atom stereocenters. The predicted octanol–water partition coefficient (Wildman–Crippen LogP) is 4.06. The molecule has 0 aliphatic heterocycles. The highest BCUT2D eigenvalue weighted by Crippen LogP contribution is 2.31. The van der Waals surface area contributed by atoms with Crippen LogP contribution < -0.4 is 5.32 Å². The summed E-state index contributed by atoms with van der Waals surface area (Å²) in [5, 5.41) is 14.7. The number of hydrogen-bond donors (Lipinski definition) is 1. The third-order valence-corrected chi connectivity index (χ3v) is 3.59. The van der Waals surface area contributed by atoms with Gasteiger partial charge in [0.15, 0.2) is 0 Å². The smallest absolute Gasteiger partial charge is 0.292 e. The Bertz CT molecular complexity index is 408. The minimum Gasteiger partial charge on any atom is -0.379 e. The Morgan fingerprint density at radius 3 is 2.72 bits per heavy atom. The van der Waals surface area contributed by atoms with Gasteiger partial charge in [-0.25, -0.2) is 0 Å². The highest BCUT2D eigenvalue weighted by Gasteiger charge is 2.16. The van der Waals surface area contributed by atoms with Crippen LogP contribution in [0.3, 0.4) is 0 Å². The van der Waals surface area contributed by atoms with Crippen LogP contribution >= 0.6 is 11.8 Å². The van der Waals surface area contributed by atoms with Gasteiger partial charge in [0, 0.05) is 18.4 Å². The van der Waals surface area contributed by atoms with Crippen molar-refractivity contribution >= 4 is 23.1 Å². The molecule has 5 heteroatoms. The number of nitrogens with zero attached hydrogens (tertiary/aromatic N) is 1. The van der Waals surface area contributed by atoms with Crippen molar-refractivity contribution < 1.29 is 4.92 Å². The molecule has 0 heterocycles. The molecule has 0 fully saturated rings. The normalized spacial score (nSPS) is 10.7. The Kier molecular flexibility index (Phi) is 5.98. The number of nitro groups is 1. The molecule has 1 aromatic rings. The first-order chi connectivity index (χ1) is 8.56. The first-order valence-electron chi connectivity index (χ1n) is 6.18. The van der Waals surface area contributed by atoms with E-state index < -0.39 is 0 Å². The van der Waals surface area contributed by atoms with Crippen LogP contribution in [0.5, 0.6) is 0 Å². The Labute approximate surface area is 112 Å². The average Bonchev–Trinajstić information content (AvgIpc) is 2.33. The van der Waals surface area contributed by atoms with E-state index in [-0.39, 0.29) is 10.6 Å². The second kappa shape index (κ2) is 7.26. The highest BCUT2D eigenvalue weighted by atomic mass is 32.2. The number of nitro benzene ring substituents is 1. The number of para-hydroxylation sites is 1. The van der Waals surface area contributed by atoms with Gasteiger partial charge < -0.3 is 5.32 Å². The molecule has 1 N–H and O–H groups in total. The summed E-state index contributed by atoms with van der Waals surface area (Å²) in [6.45, 7) is 7.05. The van der Waals surface area contributed by atoms with Crippen molar-refractivity contribution in [2.45, 2.75) is 38.2 Å². The van der Waals surface area contributed by atoms with Gasteiger partial charge in [-0.05, 0) is 17.2 Å². The van der Waals surface area contributed by atoms with Crippen molar-refractivity contribution in [3.8, 4) is 0 Å².